The van der Waals surface area contributed by atoms with Gasteiger partial charge in [0.05, 0.1) is 29.9 Å². The molecule has 0 bridgehead atoms. The lowest BCUT2D eigenvalue weighted by Crippen LogP contribution is -2.22. The summed E-state index contributed by atoms with van der Waals surface area (Å²) in [5, 5.41) is 32.8. The van der Waals surface area contributed by atoms with Gasteiger partial charge in [0.15, 0.2) is 0 Å². The van der Waals surface area contributed by atoms with Gasteiger partial charge in [-0.3, -0.25) is 9.59 Å². The highest BCUT2D eigenvalue weighted by molar-refractivity contribution is 6.12. The Bertz CT molecular complexity index is 1560. The number of nitrogens with zero attached hydrogens (tertiary/aromatic N) is 1. The molecule has 2 unspecified atom stereocenters. The van der Waals surface area contributed by atoms with Crippen LogP contribution in [0, 0.1) is 5.82 Å². The van der Waals surface area contributed by atoms with Gasteiger partial charge in [-0.2, -0.15) is 0 Å². The second-order valence-electron chi connectivity index (χ2n) is 13.1. The number of aromatic nitrogens is 1. The Balaban J connectivity index is 0.000000793. The number of carboxylic acids is 1. The average Bonchev–Trinajstić information content (AvgIpc) is 3.45. The molecule has 4 rings (SSSR count). The predicted molar refractivity (Wildman–Crippen MR) is 208 cm³/mol. The summed E-state index contributed by atoms with van der Waals surface area (Å²) in [6.07, 6.45) is 5.65. The van der Waals surface area contributed by atoms with Gasteiger partial charge in [-0.15, -0.1) is 0 Å². The van der Waals surface area contributed by atoms with Crippen LogP contribution in [0.3, 0.4) is 0 Å². The van der Waals surface area contributed by atoms with Crippen LogP contribution >= 0.6 is 0 Å². The SMILES string of the molecule is CC(C)c1c(C(=O)Nc2ccccc2)c(-c2ccccc2)c(-c2ccc(F)cc2)n1CCC(O)CC(O)CC(=O)O.CCCCC.CCCCC. The van der Waals surface area contributed by atoms with E-state index in [1.165, 1.54) is 50.7 Å². The maximum Gasteiger partial charge on any atom is 0.305 e. The first kappa shape index (κ1) is 42.9. The van der Waals surface area contributed by atoms with Crippen LogP contribution in [-0.2, 0) is 11.3 Å². The number of hydrogen-bond acceptors (Lipinski definition) is 4. The molecule has 8 heteroatoms. The Morgan fingerprint density at radius 3 is 1.75 bits per heavy atom. The summed E-state index contributed by atoms with van der Waals surface area (Å²) in [4.78, 5) is 25.0. The minimum absolute atomic E-state index is 0.0939. The molecule has 2 atom stereocenters. The lowest BCUT2D eigenvalue weighted by molar-refractivity contribution is -0.139. The number of hydrogen-bond donors (Lipinski definition) is 4. The van der Waals surface area contributed by atoms with Crippen molar-refractivity contribution in [3.05, 3.63) is 102 Å². The van der Waals surface area contributed by atoms with Gasteiger partial charge in [-0.05, 0) is 66.3 Å². The van der Waals surface area contributed by atoms with Gasteiger partial charge in [0, 0.05) is 23.5 Å². The molecule has 278 valence electrons. The Morgan fingerprint density at radius 2 is 1.27 bits per heavy atom. The van der Waals surface area contributed by atoms with Crippen molar-refractivity contribution in [1.29, 1.82) is 0 Å². The molecule has 1 heterocycles. The fourth-order valence-electron chi connectivity index (χ4n) is 5.91. The zero-order chi connectivity index (χ0) is 37.8. The van der Waals surface area contributed by atoms with Crippen molar-refractivity contribution in [3.8, 4) is 22.4 Å². The van der Waals surface area contributed by atoms with Crippen LogP contribution in [0.1, 0.15) is 121 Å². The Morgan fingerprint density at radius 1 is 0.745 bits per heavy atom. The number of aliphatic hydroxyl groups is 2. The molecule has 0 saturated heterocycles. The first-order valence-corrected chi connectivity index (χ1v) is 18.5. The fraction of sp³-hybridized carbons (Fsp3) is 0.442. The van der Waals surface area contributed by atoms with Gasteiger partial charge in [0.25, 0.3) is 5.91 Å². The van der Waals surface area contributed by atoms with Gasteiger partial charge in [0.2, 0.25) is 0 Å². The number of para-hydroxylation sites is 1. The Hall–Kier alpha value is -4.27. The minimum Gasteiger partial charge on any atom is -0.481 e. The van der Waals surface area contributed by atoms with E-state index in [4.69, 9.17) is 5.11 Å². The highest BCUT2D eigenvalue weighted by Gasteiger charge is 2.31. The van der Waals surface area contributed by atoms with Crippen LogP contribution in [0.15, 0.2) is 84.9 Å². The largest absolute Gasteiger partial charge is 0.481 e. The zero-order valence-corrected chi connectivity index (χ0v) is 31.4. The van der Waals surface area contributed by atoms with E-state index in [0.29, 0.717) is 28.1 Å². The summed E-state index contributed by atoms with van der Waals surface area (Å²) in [7, 11) is 0. The van der Waals surface area contributed by atoms with E-state index in [1.807, 2.05) is 79.1 Å². The maximum absolute atomic E-state index is 14.0. The lowest BCUT2D eigenvalue weighted by atomic mass is 9.94. The van der Waals surface area contributed by atoms with E-state index in [1.54, 1.807) is 12.1 Å². The topological polar surface area (TPSA) is 112 Å². The Kier molecular flexibility index (Phi) is 19.6. The average molecular weight is 703 g/mol. The third kappa shape index (κ3) is 14.1. The first-order chi connectivity index (χ1) is 24.5. The number of halogens is 1. The highest BCUT2D eigenvalue weighted by atomic mass is 19.1. The molecule has 0 saturated carbocycles. The molecule has 0 aliphatic rings. The van der Waals surface area contributed by atoms with Crippen LogP contribution in [0.2, 0.25) is 0 Å². The maximum atomic E-state index is 14.0. The molecular formula is C43H59FN2O5. The molecule has 0 fully saturated rings. The van der Waals surface area contributed by atoms with Crippen LogP contribution < -0.4 is 5.32 Å². The van der Waals surface area contributed by atoms with Crippen LogP contribution in [0.5, 0.6) is 0 Å². The summed E-state index contributed by atoms with van der Waals surface area (Å²) >= 11 is 0. The van der Waals surface area contributed by atoms with Crippen molar-refractivity contribution in [2.24, 2.45) is 0 Å². The van der Waals surface area contributed by atoms with E-state index >= 15 is 0 Å². The molecule has 1 aromatic heterocycles. The summed E-state index contributed by atoms with van der Waals surface area (Å²) < 4.78 is 16.0. The number of benzene rings is 3. The molecule has 51 heavy (non-hydrogen) atoms. The summed E-state index contributed by atoms with van der Waals surface area (Å²) in [5.41, 5.74) is 4.77. The number of anilines is 1. The number of aliphatic carboxylic acids is 1. The second kappa shape index (κ2) is 23.3. The Labute approximate surface area is 304 Å². The van der Waals surface area contributed by atoms with Crippen LogP contribution in [0.25, 0.3) is 22.4 Å². The third-order valence-corrected chi connectivity index (χ3v) is 8.34. The molecule has 3 aromatic carbocycles. The molecule has 0 radical (unpaired) electrons. The van der Waals surface area contributed by atoms with Crippen LogP contribution in [-0.4, -0.2) is 44.0 Å². The lowest BCUT2D eigenvalue weighted by Gasteiger charge is -2.20. The summed E-state index contributed by atoms with van der Waals surface area (Å²) in [6.45, 7) is 13.1. The smallest absolute Gasteiger partial charge is 0.305 e. The van der Waals surface area contributed by atoms with Gasteiger partial charge in [0.1, 0.15) is 5.82 Å². The predicted octanol–water partition coefficient (Wildman–Crippen LogP) is 10.7. The standard InChI is InChI=1S/C33H35FN2O5.2C5H12/c1-21(2)31-30(33(41)35-25-11-7-4-8-12-25)29(22-9-5-3-6-10-22)32(23-13-15-24(34)16-14-23)36(31)18-17-26(37)19-27(38)20-28(39)40;2*1-3-5-4-2/h3-16,21,26-27,37-38H,17-20H2,1-2H3,(H,35,41)(H,39,40);2*3-5H2,1-2H3. The third-order valence-electron chi connectivity index (χ3n) is 8.34. The van der Waals surface area contributed by atoms with Crippen molar-refractivity contribution in [2.45, 2.75) is 124 Å². The van der Waals surface area contributed by atoms with E-state index in [-0.39, 0.29) is 37.0 Å². The molecule has 0 aliphatic heterocycles. The van der Waals surface area contributed by atoms with Gasteiger partial charge < -0.3 is 25.2 Å². The number of rotatable bonds is 16. The number of aliphatic hydroxyl groups excluding tert-OH is 2. The first-order valence-electron chi connectivity index (χ1n) is 18.5. The molecular weight excluding hydrogens is 643 g/mol. The van der Waals surface area contributed by atoms with E-state index in [2.05, 4.69) is 33.0 Å². The van der Waals surface area contributed by atoms with Gasteiger partial charge >= 0.3 is 5.97 Å². The molecule has 4 N–H and O–H groups in total. The van der Waals surface area contributed by atoms with Crippen molar-refractivity contribution in [2.75, 3.05) is 5.32 Å². The zero-order valence-electron chi connectivity index (χ0n) is 31.4. The summed E-state index contributed by atoms with van der Waals surface area (Å²) in [6, 6.07) is 24.8. The number of carboxylic acid groups (broad SMARTS) is 1. The number of amides is 1. The van der Waals surface area contributed by atoms with Crippen molar-refractivity contribution >= 4 is 17.6 Å². The number of nitrogens with one attached hydrogen (secondary N) is 1. The molecule has 0 spiro atoms. The van der Waals surface area contributed by atoms with Crippen LogP contribution in [0.4, 0.5) is 10.1 Å². The van der Waals surface area contributed by atoms with E-state index in [9.17, 15) is 24.2 Å². The quantitative estimate of drug-likeness (QED) is 0.0928. The van der Waals surface area contributed by atoms with Gasteiger partial charge in [-0.1, -0.05) is 129 Å². The van der Waals surface area contributed by atoms with E-state index < -0.39 is 24.6 Å². The number of unbranched alkanes of at least 4 members (excludes halogenated alkanes) is 4. The van der Waals surface area contributed by atoms with Gasteiger partial charge in [-0.25, -0.2) is 4.39 Å². The molecule has 7 nitrogen and oxygen atoms in total. The highest BCUT2D eigenvalue weighted by Crippen LogP contribution is 2.42. The second-order valence-corrected chi connectivity index (χ2v) is 13.1. The molecule has 4 aromatic rings. The van der Waals surface area contributed by atoms with Crippen molar-refractivity contribution < 1.29 is 29.3 Å². The van der Waals surface area contributed by atoms with Crippen molar-refractivity contribution in [1.82, 2.24) is 4.57 Å². The monoisotopic (exact) mass is 702 g/mol. The number of carbonyl (C=O) groups excluding carboxylic acids is 1. The van der Waals surface area contributed by atoms with Crippen molar-refractivity contribution in [3.63, 3.8) is 0 Å². The summed E-state index contributed by atoms with van der Waals surface area (Å²) in [5.74, 6) is -1.93. The molecule has 1 amide bonds. The normalized spacial score (nSPS) is 11.9. The number of carbonyl (C=O) groups is 2. The molecule has 0 aliphatic carbocycles. The fourth-order valence-corrected chi connectivity index (χ4v) is 5.91. The minimum atomic E-state index is -1.18. The van der Waals surface area contributed by atoms with E-state index in [0.717, 1.165) is 11.3 Å².